The van der Waals surface area contributed by atoms with E-state index in [1.165, 1.54) is 12.3 Å². The predicted octanol–water partition coefficient (Wildman–Crippen LogP) is 2.25. The third-order valence-electron chi connectivity index (χ3n) is 2.36. The number of pyridine rings is 1. The van der Waals surface area contributed by atoms with E-state index in [9.17, 15) is 4.79 Å². The maximum Gasteiger partial charge on any atom is 0.270 e. The summed E-state index contributed by atoms with van der Waals surface area (Å²) in [6.07, 6.45) is 1.50. The van der Waals surface area contributed by atoms with E-state index in [-0.39, 0.29) is 5.91 Å². The van der Waals surface area contributed by atoms with Crippen molar-refractivity contribution in [2.24, 2.45) is 0 Å². The number of halogens is 1. The highest BCUT2D eigenvalue weighted by Gasteiger charge is 2.06. The van der Waals surface area contributed by atoms with Crippen molar-refractivity contribution in [3.05, 3.63) is 58.9 Å². The SMILES string of the molecule is Nc1ccnc(C(=O)NCc2cccc(Cl)c2)c1. The average Bonchev–Trinajstić information content (AvgIpc) is 2.36. The van der Waals surface area contributed by atoms with Gasteiger partial charge in [0.05, 0.1) is 0 Å². The van der Waals surface area contributed by atoms with Crippen LogP contribution in [0.15, 0.2) is 42.6 Å². The average molecular weight is 262 g/mol. The Morgan fingerprint density at radius 1 is 1.33 bits per heavy atom. The molecule has 0 unspecified atom stereocenters. The molecule has 4 nitrogen and oxygen atoms in total. The van der Waals surface area contributed by atoms with Crippen LogP contribution in [0.4, 0.5) is 5.69 Å². The van der Waals surface area contributed by atoms with Gasteiger partial charge in [-0.05, 0) is 29.8 Å². The molecule has 5 heteroatoms. The van der Waals surface area contributed by atoms with Gasteiger partial charge in [0.15, 0.2) is 0 Å². The van der Waals surface area contributed by atoms with E-state index in [0.29, 0.717) is 22.9 Å². The molecular formula is C13H12ClN3O. The van der Waals surface area contributed by atoms with Crippen LogP contribution >= 0.6 is 11.6 Å². The van der Waals surface area contributed by atoms with Gasteiger partial charge in [-0.25, -0.2) is 0 Å². The molecule has 0 radical (unpaired) electrons. The smallest absolute Gasteiger partial charge is 0.270 e. The van der Waals surface area contributed by atoms with Crippen molar-refractivity contribution in [2.45, 2.75) is 6.54 Å². The number of rotatable bonds is 3. The molecule has 1 aromatic heterocycles. The molecule has 18 heavy (non-hydrogen) atoms. The summed E-state index contributed by atoms with van der Waals surface area (Å²) in [7, 11) is 0. The fraction of sp³-hybridized carbons (Fsp3) is 0.0769. The molecule has 2 rings (SSSR count). The van der Waals surface area contributed by atoms with Crippen molar-refractivity contribution in [1.29, 1.82) is 0 Å². The van der Waals surface area contributed by atoms with Gasteiger partial charge >= 0.3 is 0 Å². The number of nitrogens with zero attached hydrogens (tertiary/aromatic N) is 1. The molecule has 92 valence electrons. The Labute approximate surface area is 110 Å². The quantitative estimate of drug-likeness (QED) is 0.890. The maximum atomic E-state index is 11.8. The number of anilines is 1. The Kier molecular flexibility index (Phi) is 3.79. The molecule has 0 aliphatic heterocycles. The third kappa shape index (κ3) is 3.21. The molecule has 0 atom stereocenters. The summed E-state index contributed by atoms with van der Waals surface area (Å²) < 4.78 is 0. The zero-order chi connectivity index (χ0) is 13.0. The topological polar surface area (TPSA) is 68.0 Å². The fourth-order valence-electron chi connectivity index (χ4n) is 1.49. The van der Waals surface area contributed by atoms with E-state index < -0.39 is 0 Å². The van der Waals surface area contributed by atoms with Crippen molar-refractivity contribution < 1.29 is 4.79 Å². The van der Waals surface area contributed by atoms with Crippen LogP contribution < -0.4 is 11.1 Å². The number of carbonyl (C=O) groups is 1. The molecule has 1 heterocycles. The minimum Gasteiger partial charge on any atom is -0.399 e. The minimum absolute atomic E-state index is 0.262. The van der Waals surface area contributed by atoms with Crippen LogP contribution in [0.1, 0.15) is 16.1 Å². The molecule has 2 aromatic rings. The van der Waals surface area contributed by atoms with Gasteiger partial charge in [0.2, 0.25) is 0 Å². The lowest BCUT2D eigenvalue weighted by molar-refractivity contribution is 0.0946. The first-order chi connectivity index (χ1) is 8.65. The number of aromatic nitrogens is 1. The second-order valence-electron chi connectivity index (χ2n) is 3.79. The second-order valence-corrected chi connectivity index (χ2v) is 4.22. The number of carbonyl (C=O) groups excluding carboxylic acids is 1. The van der Waals surface area contributed by atoms with E-state index in [0.717, 1.165) is 5.56 Å². The summed E-state index contributed by atoms with van der Waals surface area (Å²) in [6, 6.07) is 10.5. The van der Waals surface area contributed by atoms with E-state index in [1.807, 2.05) is 12.1 Å². The van der Waals surface area contributed by atoms with Gasteiger partial charge in [0.1, 0.15) is 5.69 Å². The lowest BCUT2D eigenvalue weighted by Gasteiger charge is -2.05. The van der Waals surface area contributed by atoms with Gasteiger partial charge in [-0.15, -0.1) is 0 Å². The van der Waals surface area contributed by atoms with Crippen molar-refractivity contribution >= 4 is 23.2 Å². The van der Waals surface area contributed by atoms with Crippen molar-refractivity contribution in [1.82, 2.24) is 10.3 Å². The van der Waals surface area contributed by atoms with Gasteiger partial charge < -0.3 is 11.1 Å². The highest BCUT2D eigenvalue weighted by atomic mass is 35.5. The predicted molar refractivity (Wildman–Crippen MR) is 71.3 cm³/mol. The number of nitrogen functional groups attached to an aromatic ring is 1. The number of nitrogens with one attached hydrogen (secondary N) is 1. The van der Waals surface area contributed by atoms with E-state index in [2.05, 4.69) is 10.3 Å². The molecule has 1 amide bonds. The molecule has 0 aliphatic rings. The summed E-state index contributed by atoms with van der Waals surface area (Å²) >= 11 is 5.86. The number of benzene rings is 1. The molecule has 0 bridgehead atoms. The summed E-state index contributed by atoms with van der Waals surface area (Å²) in [5.41, 5.74) is 7.33. The first-order valence-electron chi connectivity index (χ1n) is 5.39. The molecule has 0 saturated carbocycles. The summed E-state index contributed by atoms with van der Waals surface area (Å²) in [4.78, 5) is 15.7. The number of nitrogens with two attached hydrogens (primary N) is 1. The first-order valence-corrected chi connectivity index (χ1v) is 5.77. The summed E-state index contributed by atoms with van der Waals surface area (Å²) in [6.45, 7) is 0.399. The molecule has 0 saturated heterocycles. The molecule has 3 N–H and O–H groups in total. The Hall–Kier alpha value is -2.07. The zero-order valence-corrected chi connectivity index (χ0v) is 10.3. The van der Waals surface area contributed by atoms with E-state index in [1.54, 1.807) is 18.2 Å². The lowest BCUT2D eigenvalue weighted by atomic mass is 10.2. The standard InChI is InChI=1S/C13H12ClN3O/c14-10-3-1-2-9(6-10)8-17-13(18)12-7-11(15)4-5-16-12/h1-7H,8H2,(H2,15,16)(H,17,18). The van der Waals surface area contributed by atoms with Crippen molar-refractivity contribution in [3.63, 3.8) is 0 Å². The van der Waals surface area contributed by atoms with E-state index >= 15 is 0 Å². The van der Waals surface area contributed by atoms with Crippen LogP contribution in [-0.2, 0) is 6.54 Å². The number of hydrogen-bond donors (Lipinski definition) is 2. The van der Waals surface area contributed by atoms with Gasteiger partial charge in [0.25, 0.3) is 5.91 Å². The Morgan fingerprint density at radius 2 is 2.17 bits per heavy atom. The highest BCUT2D eigenvalue weighted by molar-refractivity contribution is 6.30. The van der Waals surface area contributed by atoms with Gasteiger partial charge in [-0.1, -0.05) is 23.7 Å². The van der Waals surface area contributed by atoms with Gasteiger partial charge in [-0.3, -0.25) is 9.78 Å². The Morgan fingerprint density at radius 3 is 2.89 bits per heavy atom. The molecule has 0 spiro atoms. The van der Waals surface area contributed by atoms with Crippen LogP contribution in [0.2, 0.25) is 5.02 Å². The van der Waals surface area contributed by atoms with Crippen molar-refractivity contribution in [3.8, 4) is 0 Å². The summed E-state index contributed by atoms with van der Waals surface area (Å²) in [5, 5.41) is 3.40. The maximum absolute atomic E-state index is 11.8. The normalized spacial score (nSPS) is 10.1. The summed E-state index contributed by atoms with van der Waals surface area (Å²) in [5.74, 6) is -0.262. The van der Waals surface area contributed by atoms with E-state index in [4.69, 9.17) is 17.3 Å². The first kappa shape index (κ1) is 12.4. The van der Waals surface area contributed by atoms with Crippen molar-refractivity contribution in [2.75, 3.05) is 5.73 Å². The van der Waals surface area contributed by atoms with Gasteiger partial charge in [0, 0.05) is 23.5 Å². The molecule has 1 aromatic carbocycles. The molecule has 0 aliphatic carbocycles. The Balaban J connectivity index is 2.00. The van der Waals surface area contributed by atoms with Crippen LogP contribution in [-0.4, -0.2) is 10.9 Å². The van der Waals surface area contributed by atoms with Crippen LogP contribution in [0.25, 0.3) is 0 Å². The lowest BCUT2D eigenvalue weighted by Crippen LogP contribution is -2.23. The highest BCUT2D eigenvalue weighted by Crippen LogP contribution is 2.10. The largest absolute Gasteiger partial charge is 0.399 e. The fourth-order valence-corrected chi connectivity index (χ4v) is 1.70. The number of amides is 1. The van der Waals surface area contributed by atoms with Crippen LogP contribution in [0.3, 0.4) is 0 Å². The molecule has 0 fully saturated rings. The monoisotopic (exact) mass is 261 g/mol. The third-order valence-corrected chi connectivity index (χ3v) is 2.59. The Bertz CT molecular complexity index is 572. The number of hydrogen-bond acceptors (Lipinski definition) is 3. The van der Waals surface area contributed by atoms with Gasteiger partial charge in [-0.2, -0.15) is 0 Å². The molecular weight excluding hydrogens is 250 g/mol. The van der Waals surface area contributed by atoms with Crippen LogP contribution in [0.5, 0.6) is 0 Å². The van der Waals surface area contributed by atoms with Crippen LogP contribution in [0, 0.1) is 0 Å². The second kappa shape index (κ2) is 5.51. The zero-order valence-electron chi connectivity index (χ0n) is 9.56. The minimum atomic E-state index is -0.262.